The van der Waals surface area contributed by atoms with Gasteiger partial charge in [0.05, 0.1) is 0 Å². The van der Waals surface area contributed by atoms with Crippen molar-refractivity contribution in [1.82, 2.24) is 0 Å². The molecule has 1 aliphatic rings. The highest BCUT2D eigenvalue weighted by atomic mass is 35.5. The topological polar surface area (TPSA) is 26.0 Å². The van der Waals surface area contributed by atoms with Gasteiger partial charge >= 0.3 is 0 Å². The predicted molar refractivity (Wildman–Crippen MR) is 52.0 cm³/mol. The summed E-state index contributed by atoms with van der Waals surface area (Å²) in [4.78, 5) is 0. The lowest BCUT2D eigenvalue weighted by Crippen LogP contribution is -2.43. The summed E-state index contributed by atoms with van der Waals surface area (Å²) in [6.45, 7) is 6.79. The zero-order valence-corrected chi connectivity index (χ0v) is 8.58. The summed E-state index contributed by atoms with van der Waals surface area (Å²) < 4.78 is 0. The van der Waals surface area contributed by atoms with E-state index >= 15 is 0 Å². The van der Waals surface area contributed by atoms with Crippen LogP contribution in [0.5, 0.6) is 0 Å². The minimum Gasteiger partial charge on any atom is -0.325 e. The van der Waals surface area contributed by atoms with Crippen LogP contribution >= 0.6 is 12.4 Å². The van der Waals surface area contributed by atoms with E-state index in [4.69, 9.17) is 5.73 Å². The van der Waals surface area contributed by atoms with E-state index in [1.165, 1.54) is 19.3 Å². The number of halogens is 1. The summed E-state index contributed by atoms with van der Waals surface area (Å²) in [5.74, 6) is 1.66. The van der Waals surface area contributed by atoms with E-state index in [0.717, 1.165) is 11.8 Å². The molecule has 0 aliphatic heterocycles. The average molecular weight is 178 g/mol. The SMILES string of the molecule is C[C@@H]1C[C@@H](C)CC(C)(N)C1.Cl. The molecule has 1 rings (SSSR count). The van der Waals surface area contributed by atoms with Gasteiger partial charge in [0, 0.05) is 5.54 Å². The lowest BCUT2D eigenvalue weighted by molar-refractivity contribution is 0.198. The normalized spacial score (nSPS) is 44.7. The molecule has 0 aromatic heterocycles. The second kappa shape index (κ2) is 3.77. The molecule has 1 nitrogen and oxygen atoms in total. The van der Waals surface area contributed by atoms with Gasteiger partial charge in [-0.2, -0.15) is 0 Å². The van der Waals surface area contributed by atoms with E-state index in [-0.39, 0.29) is 17.9 Å². The monoisotopic (exact) mass is 177 g/mol. The summed E-state index contributed by atoms with van der Waals surface area (Å²) in [6.07, 6.45) is 3.78. The summed E-state index contributed by atoms with van der Waals surface area (Å²) in [5, 5.41) is 0. The molecule has 1 saturated carbocycles. The lowest BCUT2D eigenvalue weighted by atomic mass is 9.73. The van der Waals surface area contributed by atoms with Crippen molar-refractivity contribution in [2.45, 2.75) is 45.6 Å². The Bertz CT molecular complexity index is 111. The average Bonchev–Trinajstić information content (AvgIpc) is 1.54. The summed E-state index contributed by atoms with van der Waals surface area (Å²) in [6, 6.07) is 0. The Morgan fingerprint density at radius 1 is 1.18 bits per heavy atom. The molecule has 1 fully saturated rings. The molecule has 1 aliphatic carbocycles. The molecule has 2 heteroatoms. The first-order valence-corrected chi connectivity index (χ1v) is 4.28. The first kappa shape index (κ1) is 11.2. The highest BCUT2D eigenvalue weighted by Crippen LogP contribution is 2.33. The molecule has 0 aromatic rings. The quantitative estimate of drug-likeness (QED) is 0.605. The van der Waals surface area contributed by atoms with Crippen LogP contribution in [0.15, 0.2) is 0 Å². The van der Waals surface area contributed by atoms with Gasteiger partial charge in [0.2, 0.25) is 0 Å². The van der Waals surface area contributed by atoms with Gasteiger partial charge in [-0.25, -0.2) is 0 Å². The molecule has 2 N–H and O–H groups in total. The van der Waals surface area contributed by atoms with E-state index in [1.807, 2.05) is 0 Å². The van der Waals surface area contributed by atoms with Crippen LogP contribution < -0.4 is 5.73 Å². The van der Waals surface area contributed by atoms with Gasteiger partial charge in [-0.05, 0) is 38.0 Å². The van der Waals surface area contributed by atoms with Crippen molar-refractivity contribution in [1.29, 1.82) is 0 Å². The largest absolute Gasteiger partial charge is 0.325 e. The highest BCUT2D eigenvalue weighted by molar-refractivity contribution is 5.85. The summed E-state index contributed by atoms with van der Waals surface area (Å²) >= 11 is 0. The Kier molecular flexibility index (Phi) is 3.86. The van der Waals surface area contributed by atoms with Crippen LogP contribution in [0.2, 0.25) is 0 Å². The van der Waals surface area contributed by atoms with Crippen LogP contribution in [0.3, 0.4) is 0 Å². The van der Waals surface area contributed by atoms with Gasteiger partial charge in [-0.15, -0.1) is 12.4 Å². The number of nitrogens with two attached hydrogens (primary N) is 1. The van der Waals surface area contributed by atoms with Crippen LogP contribution in [-0.4, -0.2) is 5.54 Å². The minimum atomic E-state index is 0. The Balaban J connectivity index is 0.000001000. The Morgan fingerprint density at radius 3 is 1.82 bits per heavy atom. The Labute approximate surface area is 76.1 Å². The van der Waals surface area contributed by atoms with Crippen molar-refractivity contribution >= 4 is 12.4 Å². The van der Waals surface area contributed by atoms with Crippen molar-refractivity contribution in [2.24, 2.45) is 17.6 Å². The van der Waals surface area contributed by atoms with Crippen molar-refractivity contribution in [2.75, 3.05) is 0 Å². The molecule has 0 unspecified atom stereocenters. The van der Waals surface area contributed by atoms with Crippen LogP contribution in [0.4, 0.5) is 0 Å². The van der Waals surface area contributed by atoms with Gasteiger partial charge in [0.1, 0.15) is 0 Å². The van der Waals surface area contributed by atoms with E-state index in [9.17, 15) is 0 Å². The molecular formula is C9H20ClN. The molecule has 0 bridgehead atoms. The third-order valence-corrected chi connectivity index (χ3v) is 2.43. The molecule has 0 spiro atoms. The molecular weight excluding hydrogens is 158 g/mol. The summed E-state index contributed by atoms with van der Waals surface area (Å²) in [7, 11) is 0. The third kappa shape index (κ3) is 3.44. The number of hydrogen-bond acceptors (Lipinski definition) is 1. The Morgan fingerprint density at radius 2 is 1.55 bits per heavy atom. The van der Waals surface area contributed by atoms with Crippen molar-refractivity contribution in [3.63, 3.8) is 0 Å². The zero-order valence-electron chi connectivity index (χ0n) is 7.76. The fourth-order valence-corrected chi connectivity index (χ4v) is 2.53. The second-order valence-electron chi connectivity index (χ2n) is 4.51. The maximum Gasteiger partial charge on any atom is 0.0131 e. The third-order valence-electron chi connectivity index (χ3n) is 2.43. The molecule has 0 amide bonds. The molecule has 11 heavy (non-hydrogen) atoms. The smallest absolute Gasteiger partial charge is 0.0131 e. The lowest BCUT2D eigenvalue weighted by Gasteiger charge is -2.37. The van der Waals surface area contributed by atoms with Crippen LogP contribution in [0.1, 0.15) is 40.0 Å². The molecule has 2 atom stereocenters. The van der Waals surface area contributed by atoms with E-state index in [1.54, 1.807) is 0 Å². The van der Waals surface area contributed by atoms with E-state index in [0.29, 0.717) is 0 Å². The highest BCUT2D eigenvalue weighted by Gasteiger charge is 2.29. The zero-order chi connectivity index (χ0) is 7.78. The standard InChI is InChI=1S/C9H19N.ClH/c1-7-4-8(2)6-9(3,10)5-7;/h7-8H,4-6,10H2,1-3H3;1H/t7-,8-;/m1./s1. The van der Waals surface area contributed by atoms with Gasteiger partial charge in [-0.3, -0.25) is 0 Å². The van der Waals surface area contributed by atoms with Gasteiger partial charge < -0.3 is 5.73 Å². The van der Waals surface area contributed by atoms with Gasteiger partial charge in [-0.1, -0.05) is 13.8 Å². The molecule has 0 saturated heterocycles. The van der Waals surface area contributed by atoms with E-state index < -0.39 is 0 Å². The van der Waals surface area contributed by atoms with Gasteiger partial charge in [0.25, 0.3) is 0 Å². The van der Waals surface area contributed by atoms with Crippen molar-refractivity contribution in [3.05, 3.63) is 0 Å². The molecule has 0 heterocycles. The first-order chi connectivity index (χ1) is 4.49. The first-order valence-electron chi connectivity index (χ1n) is 4.28. The minimum absolute atomic E-state index is 0. The molecule has 0 radical (unpaired) electrons. The fourth-order valence-electron chi connectivity index (χ4n) is 2.53. The van der Waals surface area contributed by atoms with Crippen molar-refractivity contribution in [3.8, 4) is 0 Å². The predicted octanol–water partition coefficient (Wildman–Crippen LogP) is 2.58. The molecule has 68 valence electrons. The van der Waals surface area contributed by atoms with Crippen LogP contribution in [0.25, 0.3) is 0 Å². The number of hydrogen-bond donors (Lipinski definition) is 1. The summed E-state index contributed by atoms with van der Waals surface area (Å²) in [5.41, 5.74) is 6.18. The second-order valence-corrected chi connectivity index (χ2v) is 4.51. The maximum absolute atomic E-state index is 6.06. The van der Waals surface area contributed by atoms with E-state index in [2.05, 4.69) is 20.8 Å². The molecule has 0 aromatic carbocycles. The Hall–Kier alpha value is 0.250. The van der Waals surface area contributed by atoms with Crippen molar-refractivity contribution < 1.29 is 0 Å². The van der Waals surface area contributed by atoms with Crippen LogP contribution in [-0.2, 0) is 0 Å². The maximum atomic E-state index is 6.06. The van der Waals surface area contributed by atoms with Crippen LogP contribution in [0, 0.1) is 11.8 Å². The fraction of sp³-hybridized carbons (Fsp3) is 1.00. The van der Waals surface area contributed by atoms with Gasteiger partial charge in [0.15, 0.2) is 0 Å². The number of rotatable bonds is 0.